The topological polar surface area (TPSA) is 107 Å². The number of carbonyl (C=O) groups is 1. The number of rotatable bonds is 5. The van der Waals surface area contributed by atoms with Crippen molar-refractivity contribution in [1.82, 2.24) is 24.6 Å². The third-order valence-corrected chi connectivity index (χ3v) is 5.26. The Morgan fingerprint density at radius 2 is 2.12 bits per heavy atom. The van der Waals surface area contributed by atoms with Crippen LogP contribution < -0.4 is 10.2 Å². The van der Waals surface area contributed by atoms with Crippen molar-refractivity contribution >= 4 is 29.2 Å². The molecule has 0 radical (unpaired) electrons. The Kier molecular flexibility index (Phi) is 6.43. The molecular formula is C23H29N7O3. The average Bonchev–Trinajstić information content (AvgIpc) is 3.23. The number of piperidine rings is 1. The number of aromatic nitrogens is 4. The van der Waals surface area contributed by atoms with Gasteiger partial charge < -0.3 is 14.4 Å². The van der Waals surface area contributed by atoms with Crippen molar-refractivity contribution in [3.63, 3.8) is 0 Å². The molecule has 3 aromatic rings. The zero-order chi connectivity index (χ0) is 23.4. The van der Waals surface area contributed by atoms with Gasteiger partial charge in [-0.05, 0) is 52.2 Å². The van der Waals surface area contributed by atoms with E-state index in [1.165, 1.54) is 6.33 Å². The van der Waals surface area contributed by atoms with Crippen molar-refractivity contribution < 1.29 is 14.3 Å². The van der Waals surface area contributed by atoms with Crippen LogP contribution in [0.15, 0.2) is 41.9 Å². The molecule has 0 saturated carbocycles. The highest BCUT2D eigenvalue weighted by molar-refractivity contribution is 5.87. The first-order chi connectivity index (χ1) is 15.9. The number of hydrogen-bond donors (Lipinski definition) is 1. The van der Waals surface area contributed by atoms with Gasteiger partial charge in [0.1, 0.15) is 17.7 Å². The Labute approximate surface area is 192 Å². The highest BCUT2D eigenvalue weighted by Crippen LogP contribution is 2.24. The van der Waals surface area contributed by atoms with Crippen LogP contribution in [0.1, 0.15) is 40.0 Å². The minimum atomic E-state index is -0.538. The summed E-state index contributed by atoms with van der Waals surface area (Å²) in [6.45, 7) is 6.25. The maximum absolute atomic E-state index is 12.6. The lowest BCUT2D eigenvalue weighted by Gasteiger charge is -2.34. The molecule has 1 atom stereocenters. The predicted molar refractivity (Wildman–Crippen MR) is 126 cm³/mol. The van der Waals surface area contributed by atoms with E-state index in [0.717, 1.165) is 36.1 Å². The van der Waals surface area contributed by atoms with Crippen molar-refractivity contribution in [2.24, 2.45) is 5.10 Å². The molecule has 0 bridgehead atoms. The summed E-state index contributed by atoms with van der Waals surface area (Å²) in [4.78, 5) is 23.0. The lowest BCUT2D eigenvalue weighted by atomic mass is 10.0. The number of hydrazone groups is 1. The van der Waals surface area contributed by atoms with E-state index >= 15 is 0 Å². The zero-order valence-electron chi connectivity index (χ0n) is 19.4. The summed E-state index contributed by atoms with van der Waals surface area (Å²) in [5.41, 5.74) is 3.92. The van der Waals surface area contributed by atoms with Crippen LogP contribution in [0.2, 0.25) is 0 Å². The Balaban J connectivity index is 1.52. The quantitative estimate of drug-likeness (QED) is 0.461. The monoisotopic (exact) mass is 451 g/mol. The number of anilines is 1. The number of fused-ring (bicyclic) bond motifs is 1. The first-order valence-electron chi connectivity index (χ1n) is 11.0. The van der Waals surface area contributed by atoms with E-state index in [9.17, 15) is 4.79 Å². The summed E-state index contributed by atoms with van der Waals surface area (Å²) in [5, 5.41) is 9.58. The fourth-order valence-electron chi connectivity index (χ4n) is 3.71. The summed E-state index contributed by atoms with van der Waals surface area (Å²) < 4.78 is 12.6. The Morgan fingerprint density at radius 3 is 2.91 bits per heavy atom. The Bertz CT molecular complexity index is 1150. The highest BCUT2D eigenvalue weighted by Gasteiger charge is 2.29. The molecule has 1 aromatic carbocycles. The largest absolute Gasteiger partial charge is 0.497 e. The molecule has 10 heteroatoms. The maximum Gasteiger partial charge on any atom is 0.410 e. The normalized spacial score (nSPS) is 16.8. The molecule has 33 heavy (non-hydrogen) atoms. The van der Waals surface area contributed by atoms with E-state index in [-0.39, 0.29) is 12.1 Å². The van der Waals surface area contributed by atoms with Crippen molar-refractivity contribution in [2.45, 2.75) is 51.7 Å². The van der Waals surface area contributed by atoms with Gasteiger partial charge in [-0.15, -0.1) is 0 Å². The average molecular weight is 452 g/mol. The molecule has 2 aromatic heterocycles. The molecule has 4 rings (SSSR count). The van der Waals surface area contributed by atoms with Crippen LogP contribution in [0.25, 0.3) is 16.7 Å². The molecule has 0 aliphatic carbocycles. The predicted octanol–water partition coefficient (Wildman–Crippen LogP) is 4.01. The molecule has 1 aliphatic rings. The summed E-state index contributed by atoms with van der Waals surface area (Å²) in [6, 6.07) is 7.44. The zero-order valence-corrected chi connectivity index (χ0v) is 19.4. The number of benzene rings is 1. The Morgan fingerprint density at radius 1 is 1.27 bits per heavy atom. The minimum absolute atomic E-state index is 0.141. The van der Waals surface area contributed by atoms with Gasteiger partial charge in [-0.3, -0.25) is 5.43 Å². The number of ether oxygens (including phenoxy) is 2. The van der Waals surface area contributed by atoms with E-state index in [1.54, 1.807) is 29.1 Å². The number of amides is 1. The smallest absolute Gasteiger partial charge is 0.410 e. The van der Waals surface area contributed by atoms with Gasteiger partial charge in [0.15, 0.2) is 11.5 Å². The first kappa shape index (κ1) is 22.5. The fourth-order valence-corrected chi connectivity index (χ4v) is 3.71. The van der Waals surface area contributed by atoms with Gasteiger partial charge in [0.25, 0.3) is 0 Å². The first-order valence-corrected chi connectivity index (χ1v) is 11.0. The van der Waals surface area contributed by atoms with Crippen molar-refractivity contribution in [3.8, 4) is 11.4 Å². The molecule has 0 spiro atoms. The lowest BCUT2D eigenvalue weighted by Crippen LogP contribution is -2.47. The summed E-state index contributed by atoms with van der Waals surface area (Å²) in [5.74, 6) is 1.26. The molecule has 1 N–H and O–H groups in total. The molecule has 1 saturated heterocycles. The van der Waals surface area contributed by atoms with Crippen molar-refractivity contribution in [1.29, 1.82) is 0 Å². The number of methoxy groups -OCH3 is 1. The number of carbonyl (C=O) groups excluding carboxylic acids is 1. The number of hydrogen-bond acceptors (Lipinski definition) is 8. The van der Waals surface area contributed by atoms with Gasteiger partial charge in [0.05, 0.1) is 30.4 Å². The third kappa shape index (κ3) is 5.21. The number of likely N-dealkylation sites (tertiary alicyclic amines) is 1. The highest BCUT2D eigenvalue weighted by atomic mass is 16.6. The van der Waals surface area contributed by atoms with Gasteiger partial charge >= 0.3 is 6.09 Å². The molecule has 1 aliphatic heterocycles. The van der Waals surface area contributed by atoms with Crippen LogP contribution >= 0.6 is 0 Å². The van der Waals surface area contributed by atoms with Gasteiger partial charge in [-0.2, -0.15) is 10.2 Å². The van der Waals surface area contributed by atoms with Crippen LogP contribution in [-0.2, 0) is 4.74 Å². The number of nitrogens with one attached hydrogen (secondary N) is 1. The van der Waals surface area contributed by atoms with Gasteiger partial charge in [-0.1, -0.05) is 6.07 Å². The third-order valence-electron chi connectivity index (χ3n) is 5.26. The lowest BCUT2D eigenvalue weighted by molar-refractivity contribution is 0.0171. The van der Waals surface area contributed by atoms with Crippen LogP contribution in [0.5, 0.6) is 5.75 Å². The molecule has 174 valence electrons. The van der Waals surface area contributed by atoms with Crippen LogP contribution in [0.4, 0.5) is 10.6 Å². The molecule has 1 amide bonds. The fraction of sp³-hybridized carbons (Fsp3) is 0.435. The van der Waals surface area contributed by atoms with Gasteiger partial charge in [-0.25, -0.2) is 19.4 Å². The van der Waals surface area contributed by atoms with Crippen molar-refractivity contribution in [2.75, 3.05) is 19.1 Å². The molecule has 1 unspecified atom stereocenters. The second-order valence-corrected chi connectivity index (χ2v) is 8.84. The molecular weight excluding hydrogens is 422 g/mol. The van der Waals surface area contributed by atoms with E-state index in [2.05, 4.69) is 25.6 Å². The maximum atomic E-state index is 12.6. The second kappa shape index (κ2) is 9.43. The van der Waals surface area contributed by atoms with E-state index in [4.69, 9.17) is 9.47 Å². The van der Waals surface area contributed by atoms with Gasteiger partial charge in [0.2, 0.25) is 0 Å². The minimum Gasteiger partial charge on any atom is -0.497 e. The summed E-state index contributed by atoms with van der Waals surface area (Å²) in [6.07, 6.45) is 7.39. The molecule has 1 fully saturated rings. The Hall–Kier alpha value is -3.69. The second-order valence-electron chi connectivity index (χ2n) is 8.84. The van der Waals surface area contributed by atoms with Crippen LogP contribution in [0, 0.1) is 0 Å². The van der Waals surface area contributed by atoms with E-state index in [0.29, 0.717) is 18.0 Å². The molecule has 3 heterocycles. The standard InChI is InChI=1S/C23H29N7O3/c1-23(2,3)33-22(31)29-11-6-5-8-17(29)13-26-28-20-19-14-27-30(21(19)25-15-24-20)16-9-7-10-18(12-16)32-4/h7,9-10,12-15,17H,5-6,8,11H2,1-4H3,(H,24,25,28)/b26-13+. The summed E-state index contributed by atoms with van der Waals surface area (Å²) >= 11 is 0. The van der Waals surface area contributed by atoms with Crippen LogP contribution in [0.3, 0.4) is 0 Å². The van der Waals surface area contributed by atoms with Crippen LogP contribution in [-0.4, -0.2) is 62.3 Å². The number of nitrogens with zero attached hydrogens (tertiary/aromatic N) is 6. The van der Waals surface area contributed by atoms with Crippen molar-refractivity contribution in [3.05, 3.63) is 36.8 Å². The SMILES string of the molecule is COc1cccc(-n2ncc3c(N/N=C/C4CCCCN4C(=O)OC(C)(C)C)ncnc32)c1. The van der Waals surface area contributed by atoms with E-state index < -0.39 is 5.60 Å². The van der Waals surface area contributed by atoms with E-state index in [1.807, 2.05) is 45.0 Å². The molecule has 10 nitrogen and oxygen atoms in total. The summed E-state index contributed by atoms with van der Waals surface area (Å²) in [7, 11) is 1.62. The van der Waals surface area contributed by atoms with Gasteiger partial charge in [0, 0.05) is 18.8 Å².